The van der Waals surface area contributed by atoms with Crippen LogP contribution in [0.15, 0.2) is 24.3 Å². The van der Waals surface area contributed by atoms with E-state index >= 15 is 0 Å². The van der Waals surface area contributed by atoms with E-state index in [-0.39, 0.29) is 36.2 Å². The van der Waals surface area contributed by atoms with Gasteiger partial charge >= 0.3 is 0 Å². The van der Waals surface area contributed by atoms with Gasteiger partial charge in [-0.1, -0.05) is 12.1 Å². The monoisotopic (exact) mass is 368 g/mol. The summed E-state index contributed by atoms with van der Waals surface area (Å²) in [5.74, 6) is 0.236. The highest BCUT2D eigenvalue weighted by Crippen LogP contribution is 2.33. The van der Waals surface area contributed by atoms with Crippen LogP contribution in [0.1, 0.15) is 37.3 Å². The third-order valence-corrected chi connectivity index (χ3v) is 5.69. The summed E-state index contributed by atoms with van der Waals surface area (Å²) in [5, 5.41) is 3.40. The van der Waals surface area contributed by atoms with Crippen molar-refractivity contribution < 1.29 is 9.18 Å². The molecular weight excluding hydrogens is 343 g/mol. The number of hydrogen-bond donors (Lipinski definition) is 3. The van der Waals surface area contributed by atoms with Gasteiger partial charge < -0.3 is 10.2 Å². The molecule has 0 spiro atoms. The fraction of sp³-hybridized carbons (Fsp3) is 0.611. The summed E-state index contributed by atoms with van der Waals surface area (Å²) in [4.78, 5) is 15.2. The lowest BCUT2D eigenvalue weighted by molar-refractivity contribution is -0.138. The van der Waals surface area contributed by atoms with Crippen molar-refractivity contribution in [2.75, 3.05) is 19.6 Å². The maximum atomic E-state index is 13.2. The highest BCUT2D eigenvalue weighted by Gasteiger charge is 2.44. The SMILES string of the molecule is Cl.O=C(C1NNC2CCNCC21)N1CCCCC1c1ccc(F)cc1. The van der Waals surface area contributed by atoms with Gasteiger partial charge in [-0.05, 0) is 49.9 Å². The Balaban J connectivity index is 0.00000182. The number of halogens is 2. The van der Waals surface area contributed by atoms with Crippen LogP contribution in [0.3, 0.4) is 0 Å². The Morgan fingerprint density at radius 1 is 1.12 bits per heavy atom. The van der Waals surface area contributed by atoms with Crippen molar-refractivity contribution >= 4 is 18.3 Å². The minimum absolute atomic E-state index is 0. The second-order valence-electron chi connectivity index (χ2n) is 7.12. The van der Waals surface area contributed by atoms with Crippen LogP contribution in [-0.2, 0) is 4.79 Å². The number of hydrazine groups is 1. The van der Waals surface area contributed by atoms with Gasteiger partial charge in [-0.3, -0.25) is 10.2 Å². The van der Waals surface area contributed by atoms with Crippen LogP contribution in [0.4, 0.5) is 4.39 Å². The number of nitrogens with one attached hydrogen (secondary N) is 3. The van der Waals surface area contributed by atoms with E-state index in [1.807, 2.05) is 17.0 Å². The smallest absolute Gasteiger partial charge is 0.241 e. The predicted molar refractivity (Wildman–Crippen MR) is 96.8 cm³/mol. The Bertz CT molecular complexity index is 599. The molecular formula is C18H26ClFN4O. The van der Waals surface area contributed by atoms with Gasteiger partial charge in [0.15, 0.2) is 0 Å². The standard InChI is InChI=1S/C18H25FN4O.ClH/c19-13-6-4-12(5-7-13)16-3-1-2-10-23(16)18(24)17-14-11-20-9-8-15(14)21-22-17;/h4-7,14-17,20-22H,1-3,8-11H2;1H. The maximum absolute atomic E-state index is 13.2. The van der Waals surface area contributed by atoms with Crippen LogP contribution in [0.2, 0.25) is 0 Å². The van der Waals surface area contributed by atoms with E-state index in [4.69, 9.17) is 0 Å². The van der Waals surface area contributed by atoms with E-state index in [0.29, 0.717) is 12.0 Å². The first-order valence-electron chi connectivity index (χ1n) is 9.02. The molecule has 0 aliphatic carbocycles. The highest BCUT2D eigenvalue weighted by atomic mass is 35.5. The predicted octanol–water partition coefficient (Wildman–Crippen LogP) is 1.76. The first-order chi connectivity index (χ1) is 11.7. The zero-order chi connectivity index (χ0) is 16.5. The average Bonchev–Trinajstić information content (AvgIpc) is 3.06. The summed E-state index contributed by atoms with van der Waals surface area (Å²) in [6, 6.07) is 6.86. The van der Waals surface area contributed by atoms with Gasteiger partial charge in [-0.15, -0.1) is 12.4 Å². The summed E-state index contributed by atoms with van der Waals surface area (Å²) in [5.41, 5.74) is 7.58. The number of nitrogens with zero attached hydrogens (tertiary/aromatic N) is 1. The number of piperidine rings is 2. The van der Waals surface area contributed by atoms with Crippen LogP contribution in [0, 0.1) is 11.7 Å². The van der Waals surface area contributed by atoms with Crippen LogP contribution < -0.4 is 16.2 Å². The van der Waals surface area contributed by atoms with E-state index < -0.39 is 0 Å². The third-order valence-electron chi connectivity index (χ3n) is 5.69. The summed E-state index contributed by atoms with van der Waals surface area (Å²) in [6.45, 7) is 2.65. The normalized spacial score (nSPS) is 32.0. The molecule has 1 amide bonds. The van der Waals surface area contributed by atoms with Gasteiger partial charge in [-0.2, -0.15) is 0 Å². The van der Waals surface area contributed by atoms with Crippen molar-refractivity contribution in [1.29, 1.82) is 0 Å². The number of carbonyl (C=O) groups excluding carboxylic acids is 1. The maximum Gasteiger partial charge on any atom is 0.241 e. The van der Waals surface area contributed by atoms with Gasteiger partial charge in [0.2, 0.25) is 5.91 Å². The van der Waals surface area contributed by atoms with Crippen LogP contribution in [0.5, 0.6) is 0 Å². The summed E-state index contributed by atoms with van der Waals surface area (Å²) >= 11 is 0. The van der Waals surface area contributed by atoms with Gasteiger partial charge in [0.05, 0.1) is 6.04 Å². The Labute approximate surface area is 154 Å². The number of amides is 1. The molecule has 3 saturated heterocycles. The summed E-state index contributed by atoms with van der Waals surface area (Å²) in [7, 11) is 0. The molecule has 3 heterocycles. The molecule has 7 heteroatoms. The molecule has 0 bridgehead atoms. The molecule has 0 radical (unpaired) electrons. The highest BCUT2D eigenvalue weighted by molar-refractivity contribution is 5.85. The third kappa shape index (κ3) is 3.67. The second kappa shape index (κ2) is 7.99. The molecule has 3 aliphatic rings. The summed E-state index contributed by atoms with van der Waals surface area (Å²) < 4.78 is 13.2. The van der Waals surface area contributed by atoms with Crippen molar-refractivity contribution in [3.05, 3.63) is 35.6 Å². The molecule has 138 valence electrons. The molecule has 3 fully saturated rings. The van der Waals surface area contributed by atoms with E-state index in [1.54, 1.807) is 0 Å². The lowest BCUT2D eigenvalue weighted by atomic mass is 9.87. The number of benzene rings is 1. The molecule has 5 nitrogen and oxygen atoms in total. The van der Waals surface area contributed by atoms with Crippen molar-refractivity contribution in [2.45, 2.75) is 43.8 Å². The second-order valence-corrected chi connectivity index (χ2v) is 7.12. The Hall–Kier alpha value is -1.21. The van der Waals surface area contributed by atoms with E-state index in [9.17, 15) is 9.18 Å². The Kier molecular flexibility index (Phi) is 5.94. The van der Waals surface area contributed by atoms with Crippen LogP contribution in [0.25, 0.3) is 0 Å². The van der Waals surface area contributed by atoms with Crippen LogP contribution in [-0.4, -0.2) is 42.5 Å². The molecule has 0 aromatic heterocycles. The van der Waals surface area contributed by atoms with Gasteiger partial charge in [0.1, 0.15) is 11.9 Å². The van der Waals surface area contributed by atoms with Crippen molar-refractivity contribution in [1.82, 2.24) is 21.1 Å². The topological polar surface area (TPSA) is 56.4 Å². The quantitative estimate of drug-likeness (QED) is 0.744. The van der Waals surface area contributed by atoms with Crippen molar-refractivity contribution in [3.8, 4) is 0 Å². The minimum atomic E-state index is -0.231. The van der Waals surface area contributed by atoms with E-state index in [1.165, 1.54) is 12.1 Å². The zero-order valence-electron chi connectivity index (χ0n) is 14.2. The lowest BCUT2D eigenvalue weighted by Crippen LogP contribution is -2.52. The molecule has 4 unspecified atom stereocenters. The number of fused-ring (bicyclic) bond motifs is 1. The average molecular weight is 369 g/mol. The molecule has 25 heavy (non-hydrogen) atoms. The van der Waals surface area contributed by atoms with Crippen LogP contribution >= 0.6 is 12.4 Å². The van der Waals surface area contributed by atoms with Gasteiger partial charge in [0, 0.05) is 25.0 Å². The summed E-state index contributed by atoms with van der Waals surface area (Å²) in [6.07, 6.45) is 4.14. The molecule has 1 aromatic carbocycles. The number of hydrogen-bond acceptors (Lipinski definition) is 4. The molecule has 4 atom stereocenters. The Morgan fingerprint density at radius 3 is 2.72 bits per heavy atom. The molecule has 4 rings (SSSR count). The lowest BCUT2D eigenvalue weighted by Gasteiger charge is -2.39. The van der Waals surface area contributed by atoms with Gasteiger partial charge in [0.25, 0.3) is 0 Å². The first kappa shape index (κ1) is 18.6. The number of rotatable bonds is 2. The number of carbonyl (C=O) groups is 1. The molecule has 3 aliphatic heterocycles. The van der Waals surface area contributed by atoms with E-state index in [0.717, 1.165) is 50.9 Å². The van der Waals surface area contributed by atoms with Gasteiger partial charge in [-0.25, -0.2) is 9.82 Å². The fourth-order valence-electron chi connectivity index (χ4n) is 4.37. The minimum Gasteiger partial charge on any atom is -0.334 e. The van der Waals surface area contributed by atoms with Crippen molar-refractivity contribution in [3.63, 3.8) is 0 Å². The first-order valence-corrected chi connectivity index (χ1v) is 9.02. The largest absolute Gasteiger partial charge is 0.334 e. The molecule has 0 saturated carbocycles. The Morgan fingerprint density at radius 2 is 1.92 bits per heavy atom. The molecule has 3 N–H and O–H groups in total. The van der Waals surface area contributed by atoms with Crippen molar-refractivity contribution in [2.24, 2.45) is 5.92 Å². The number of likely N-dealkylation sites (tertiary alicyclic amines) is 1. The molecule has 1 aromatic rings. The zero-order valence-corrected chi connectivity index (χ0v) is 15.0. The fourth-order valence-corrected chi connectivity index (χ4v) is 4.37. The van der Waals surface area contributed by atoms with E-state index in [2.05, 4.69) is 16.2 Å².